The molecule has 0 bridgehead atoms. The zero-order chi connectivity index (χ0) is 16.1. The molecule has 2 saturated heterocycles. The molecule has 2 aliphatic rings. The molecule has 2 heterocycles. The summed E-state index contributed by atoms with van der Waals surface area (Å²) in [6.45, 7) is 9.56. The van der Waals surface area contributed by atoms with E-state index in [1.165, 1.54) is 34.1 Å². The van der Waals surface area contributed by atoms with E-state index in [1.54, 1.807) is 0 Å². The molecule has 22 heavy (non-hydrogen) atoms. The third kappa shape index (κ3) is 7.19. The van der Waals surface area contributed by atoms with Crippen molar-refractivity contribution < 1.29 is 18.9 Å². The van der Waals surface area contributed by atoms with Gasteiger partial charge in [-0.25, -0.2) is 0 Å². The minimum absolute atomic E-state index is 0.335. The van der Waals surface area contributed by atoms with Crippen LogP contribution in [0.2, 0.25) is 21.3 Å². The van der Waals surface area contributed by atoms with Gasteiger partial charge in [0.15, 0.2) is 0 Å². The van der Waals surface area contributed by atoms with Crippen LogP contribution in [-0.4, -0.2) is 66.9 Å². The van der Waals surface area contributed by atoms with Crippen LogP contribution in [0, 0.1) is 0 Å². The van der Waals surface area contributed by atoms with Crippen molar-refractivity contribution in [3.8, 4) is 0 Å². The van der Waals surface area contributed by atoms with E-state index < -0.39 is 0 Å². The Kier molecular flexibility index (Phi) is 7.70. The average molecular weight is 444 g/mol. The fourth-order valence-electron chi connectivity index (χ4n) is 2.53. The fraction of sp³-hybridized carbons (Fsp3) is 1.00. The normalized spacial score (nSPS) is 30.0. The van der Waals surface area contributed by atoms with Crippen LogP contribution in [0.5, 0.6) is 0 Å². The first-order valence-electron chi connectivity index (χ1n) is 8.15. The van der Waals surface area contributed by atoms with Crippen molar-refractivity contribution in [3.05, 3.63) is 0 Å². The average Bonchev–Trinajstić information content (AvgIpc) is 2.95. The molecule has 0 aromatic carbocycles. The third-order valence-electron chi connectivity index (χ3n) is 3.57. The number of rotatable bonds is 9. The van der Waals surface area contributed by atoms with E-state index in [4.69, 9.17) is 18.9 Å². The van der Waals surface area contributed by atoms with Gasteiger partial charge in [0.25, 0.3) is 0 Å². The molecule has 130 valence electrons. The third-order valence-corrected chi connectivity index (χ3v) is 8.54. The van der Waals surface area contributed by atoms with Crippen LogP contribution in [0.3, 0.4) is 0 Å². The van der Waals surface area contributed by atoms with Gasteiger partial charge in [-0.2, -0.15) is 0 Å². The summed E-state index contributed by atoms with van der Waals surface area (Å²) in [6.07, 6.45) is 3.41. The fourth-order valence-corrected chi connectivity index (χ4v) is 6.73. The Bertz CT molecular complexity index is 304. The summed E-state index contributed by atoms with van der Waals surface area (Å²) in [5.74, 6) is -0.715. The summed E-state index contributed by atoms with van der Waals surface area (Å²) >= 11 is 1.40. The maximum atomic E-state index is 5.84. The van der Waals surface area contributed by atoms with Gasteiger partial charge >= 0.3 is 148 Å². The number of hydrogen-bond donors (Lipinski definition) is 0. The summed E-state index contributed by atoms with van der Waals surface area (Å²) in [7, 11) is 0. The molecular formula is C16H30O4Se2. The standard InChI is InChI=1S/C16H30O4Se2/c1-15(2)17-9-13(19-15)11-21-7-5-6-8-22-12-14-10-18-16(3,4)20-14/h13-14H,5-12H2,1-4H3. The summed E-state index contributed by atoms with van der Waals surface area (Å²) in [4.78, 5) is 0. The van der Waals surface area contributed by atoms with Gasteiger partial charge in [-0.15, -0.1) is 0 Å². The Morgan fingerprint density at radius 1 is 0.773 bits per heavy atom. The van der Waals surface area contributed by atoms with Crippen molar-refractivity contribution in [2.75, 3.05) is 13.2 Å². The predicted molar refractivity (Wildman–Crippen MR) is 89.8 cm³/mol. The van der Waals surface area contributed by atoms with Crippen molar-refractivity contribution >= 4 is 29.9 Å². The van der Waals surface area contributed by atoms with Crippen molar-refractivity contribution in [1.29, 1.82) is 0 Å². The first-order valence-corrected chi connectivity index (χ1v) is 13.0. The van der Waals surface area contributed by atoms with E-state index >= 15 is 0 Å². The zero-order valence-electron chi connectivity index (χ0n) is 14.3. The molecule has 2 aliphatic heterocycles. The van der Waals surface area contributed by atoms with E-state index in [9.17, 15) is 0 Å². The van der Waals surface area contributed by atoms with Crippen LogP contribution in [-0.2, 0) is 18.9 Å². The van der Waals surface area contributed by atoms with Crippen molar-refractivity contribution in [1.82, 2.24) is 0 Å². The molecule has 6 heteroatoms. The SMILES string of the molecule is CC1(C)OCC(C[Se]CCCC[Se]CC2COC(C)(C)O2)O1. The van der Waals surface area contributed by atoms with Gasteiger partial charge in [-0.05, 0) is 0 Å². The van der Waals surface area contributed by atoms with Crippen molar-refractivity contribution in [2.45, 2.75) is 85.6 Å². The van der Waals surface area contributed by atoms with Crippen molar-refractivity contribution in [2.24, 2.45) is 0 Å². The Hall–Kier alpha value is 0.879. The Balaban J connectivity index is 1.38. The number of hydrogen-bond acceptors (Lipinski definition) is 4. The van der Waals surface area contributed by atoms with Crippen LogP contribution in [0.4, 0.5) is 0 Å². The molecule has 0 radical (unpaired) electrons. The molecule has 2 unspecified atom stereocenters. The minimum atomic E-state index is -0.357. The second kappa shape index (κ2) is 8.82. The number of unbranched alkanes of at least 4 members (excludes halogenated alkanes) is 1. The molecule has 0 aromatic heterocycles. The van der Waals surface area contributed by atoms with Gasteiger partial charge in [-0.3, -0.25) is 0 Å². The van der Waals surface area contributed by atoms with E-state index in [1.807, 2.05) is 27.7 Å². The zero-order valence-corrected chi connectivity index (χ0v) is 17.7. The van der Waals surface area contributed by atoms with Gasteiger partial charge in [-0.1, -0.05) is 0 Å². The molecule has 2 rings (SSSR count). The van der Waals surface area contributed by atoms with Crippen LogP contribution >= 0.6 is 0 Å². The summed E-state index contributed by atoms with van der Waals surface area (Å²) in [5.41, 5.74) is 0. The van der Waals surface area contributed by atoms with Gasteiger partial charge in [0, 0.05) is 0 Å². The molecule has 0 spiro atoms. The molecule has 0 N–H and O–H groups in total. The first-order chi connectivity index (χ1) is 10.4. The molecule has 0 saturated carbocycles. The summed E-state index contributed by atoms with van der Waals surface area (Å²) in [6, 6.07) is 0. The number of ether oxygens (including phenoxy) is 4. The second-order valence-corrected chi connectivity index (χ2v) is 11.6. The van der Waals surface area contributed by atoms with E-state index in [-0.39, 0.29) is 11.6 Å². The quantitative estimate of drug-likeness (QED) is 0.405. The molecule has 0 aromatic rings. The van der Waals surface area contributed by atoms with Gasteiger partial charge in [0.05, 0.1) is 0 Å². The van der Waals surface area contributed by atoms with Crippen LogP contribution in [0.1, 0.15) is 40.5 Å². The predicted octanol–water partition coefficient (Wildman–Crippen LogP) is 3.15. The van der Waals surface area contributed by atoms with Crippen molar-refractivity contribution in [3.63, 3.8) is 0 Å². The molecule has 0 amide bonds. The summed E-state index contributed by atoms with van der Waals surface area (Å²) in [5, 5.41) is 5.15. The van der Waals surface area contributed by atoms with E-state index in [0.29, 0.717) is 42.1 Å². The van der Waals surface area contributed by atoms with E-state index in [2.05, 4.69) is 0 Å². The molecule has 2 fully saturated rings. The van der Waals surface area contributed by atoms with Crippen LogP contribution < -0.4 is 0 Å². The Morgan fingerprint density at radius 3 is 1.50 bits per heavy atom. The van der Waals surface area contributed by atoms with E-state index in [0.717, 1.165) is 13.2 Å². The molecule has 0 aliphatic carbocycles. The topological polar surface area (TPSA) is 36.9 Å². The maximum absolute atomic E-state index is 5.84. The van der Waals surface area contributed by atoms with Crippen LogP contribution in [0.15, 0.2) is 0 Å². The first kappa shape index (κ1) is 19.2. The molecular weight excluding hydrogens is 414 g/mol. The van der Waals surface area contributed by atoms with Gasteiger partial charge < -0.3 is 0 Å². The monoisotopic (exact) mass is 446 g/mol. The van der Waals surface area contributed by atoms with Gasteiger partial charge in [0.2, 0.25) is 0 Å². The van der Waals surface area contributed by atoms with Gasteiger partial charge in [0.1, 0.15) is 0 Å². The summed E-state index contributed by atoms with van der Waals surface area (Å²) < 4.78 is 22.9. The Labute approximate surface area is 147 Å². The van der Waals surface area contributed by atoms with Crippen LogP contribution in [0.25, 0.3) is 0 Å². The molecule has 4 nitrogen and oxygen atoms in total. The molecule has 2 atom stereocenters. The Morgan fingerprint density at radius 2 is 1.18 bits per heavy atom. The second-order valence-electron chi connectivity index (χ2n) is 6.76.